The highest BCUT2D eigenvalue weighted by Gasteiger charge is 2.47. The molecule has 1 amide bonds. The maximum absolute atomic E-state index is 12.3. The number of aromatic amines is 1. The summed E-state index contributed by atoms with van der Waals surface area (Å²) in [6.45, 7) is 0.344. The maximum atomic E-state index is 12.3. The van der Waals surface area contributed by atoms with Gasteiger partial charge in [-0.05, 0) is 53.6 Å². The van der Waals surface area contributed by atoms with Crippen molar-refractivity contribution in [1.82, 2.24) is 14.9 Å². The van der Waals surface area contributed by atoms with Crippen LogP contribution in [0, 0.1) is 9.49 Å². The summed E-state index contributed by atoms with van der Waals surface area (Å²) in [6.07, 6.45) is 1.24. The molecule has 14 heteroatoms. The molecule has 1 saturated heterocycles. The highest BCUT2D eigenvalue weighted by atomic mass is 127. The van der Waals surface area contributed by atoms with Crippen LogP contribution in [-0.2, 0) is 18.6 Å². The Morgan fingerprint density at radius 2 is 2.00 bits per heavy atom. The van der Waals surface area contributed by atoms with Crippen LogP contribution in [0.1, 0.15) is 42.3 Å². The van der Waals surface area contributed by atoms with Crippen molar-refractivity contribution in [3.63, 3.8) is 0 Å². The van der Waals surface area contributed by atoms with Gasteiger partial charge < -0.3 is 19.9 Å². The van der Waals surface area contributed by atoms with Gasteiger partial charge in [-0.2, -0.15) is 0 Å². The van der Waals surface area contributed by atoms with E-state index in [-0.39, 0.29) is 25.7 Å². The van der Waals surface area contributed by atoms with Crippen LogP contribution in [0.2, 0.25) is 0 Å². The first-order chi connectivity index (χ1) is 17.8. The number of amides is 1. The van der Waals surface area contributed by atoms with E-state index in [0.717, 1.165) is 33.5 Å². The molecule has 1 aromatic heterocycles. The molecule has 1 fully saturated rings. The van der Waals surface area contributed by atoms with Crippen LogP contribution in [0.25, 0.3) is 0 Å². The Morgan fingerprint density at radius 3 is 2.70 bits per heavy atom. The number of H-pyrrole nitrogens is 1. The van der Waals surface area contributed by atoms with Crippen molar-refractivity contribution in [2.45, 2.75) is 44.1 Å². The van der Waals surface area contributed by atoms with E-state index < -0.39 is 43.9 Å². The van der Waals surface area contributed by atoms with Crippen LogP contribution < -0.4 is 16.6 Å². The van der Waals surface area contributed by atoms with Gasteiger partial charge >= 0.3 is 13.9 Å². The zero-order valence-corrected chi connectivity index (χ0v) is 23.0. The predicted molar refractivity (Wildman–Crippen MR) is 141 cm³/mol. The fourth-order valence-corrected chi connectivity index (χ4v) is 5.07. The smallest absolute Gasteiger partial charge is 0.396 e. The van der Waals surface area contributed by atoms with Gasteiger partial charge in [-0.3, -0.25) is 19.1 Å². The zero-order chi connectivity index (χ0) is 26.8. The minimum absolute atomic E-state index is 0.0473. The second-order valence-electron chi connectivity index (χ2n) is 8.51. The summed E-state index contributed by atoms with van der Waals surface area (Å²) in [7, 11) is -3.01. The molecule has 5 atom stereocenters. The molecule has 1 aromatic carbocycles. The zero-order valence-electron chi connectivity index (χ0n) is 20.0. The molecule has 0 bridgehead atoms. The molecule has 0 radical (unpaired) electrons. The number of ether oxygens (including phenoxy) is 2. The van der Waals surface area contributed by atoms with Crippen molar-refractivity contribution in [3.8, 4) is 0 Å². The summed E-state index contributed by atoms with van der Waals surface area (Å²) in [5.74, 6) is -0.767. The summed E-state index contributed by atoms with van der Waals surface area (Å²) in [5, 5.41) is 12.6. The molecule has 2 unspecified atom stereocenters. The minimum Gasteiger partial charge on any atom is -0.396 e. The first kappa shape index (κ1) is 29.6. The second-order valence-corrected chi connectivity index (χ2v) is 10.4. The van der Waals surface area contributed by atoms with Crippen LogP contribution >= 0.6 is 30.8 Å². The van der Waals surface area contributed by atoms with Crippen molar-refractivity contribution in [2.75, 3.05) is 26.4 Å². The van der Waals surface area contributed by atoms with Crippen molar-refractivity contribution in [1.29, 1.82) is 0 Å². The first-order valence-corrected chi connectivity index (χ1v) is 14.0. The van der Waals surface area contributed by atoms with E-state index >= 15 is 0 Å². The summed E-state index contributed by atoms with van der Waals surface area (Å²) in [5.41, 5.74) is -0.689. The quantitative estimate of drug-likeness (QED) is 0.143. The van der Waals surface area contributed by atoms with Gasteiger partial charge in [0.25, 0.3) is 11.5 Å². The van der Waals surface area contributed by atoms with Crippen LogP contribution in [0.15, 0.2) is 46.1 Å². The molecule has 0 saturated carbocycles. The van der Waals surface area contributed by atoms with Crippen molar-refractivity contribution >= 4 is 36.8 Å². The normalized spacial score (nSPS) is 22.0. The molecular formula is C23H30IN3O9P+. The van der Waals surface area contributed by atoms with Gasteiger partial charge in [0, 0.05) is 45.0 Å². The molecular weight excluding hydrogens is 620 g/mol. The maximum Gasteiger partial charge on any atom is 0.695 e. The molecule has 1 aliphatic heterocycles. The van der Waals surface area contributed by atoms with Crippen molar-refractivity contribution in [2.24, 2.45) is 5.92 Å². The summed E-state index contributed by atoms with van der Waals surface area (Å²) in [6, 6.07) is 8.50. The van der Waals surface area contributed by atoms with E-state index in [4.69, 9.17) is 14.0 Å². The standard InChI is InChI=1S/C23H29IN3O9P/c24-17-7-5-6-15(12-17)21(30)25-9-3-1-2-4-11-34-20-19(36-37(32)33)16(13-28)14-35-22(20)27-10-8-18(29)26-23(27)31/h5-8,10,12,16,19-20,22,28H,1-4,9,11,13-14H2,(H2-,25,26,29,30,31,32,33)/p+1/t16-,19-,20?,22+/m0/s1. The monoisotopic (exact) mass is 650 g/mol. The molecule has 0 aliphatic carbocycles. The number of aliphatic hydroxyl groups excluding tert-OH is 1. The van der Waals surface area contributed by atoms with Gasteiger partial charge in [-0.25, -0.2) is 4.79 Å². The third-order valence-corrected chi connectivity index (χ3v) is 6.97. The van der Waals surface area contributed by atoms with E-state index in [0.29, 0.717) is 18.5 Å². The molecule has 3 rings (SSSR count). The minimum atomic E-state index is -3.01. The van der Waals surface area contributed by atoms with E-state index in [1.807, 2.05) is 18.2 Å². The molecule has 4 N–H and O–H groups in total. The van der Waals surface area contributed by atoms with Crippen LogP contribution in [-0.4, -0.2) is 64.0 Å². The highest BCUT2D eigenvalue weighted by Crippen LogP contribution is 2.35. The third kappa shape index (κ3) is 8.77. The molecule has 2 heterocycles. The van der Waals surface area contributed by atoms with Gasteiger partial charge in [-0.15, -0.1) is 9.42 Å². The Balaban J connectivity index is 1.52. The molecule has 12 nitrogen and oxygen atoms in total. The first-order valence-electron chi connectivity index (χ1n) is 11.8. The lowest BCUT2D eigenvalue weighted by molar-refractivity contribution is -0.210. The number of aliphatic hydroxyl groups is 1. The third-order valence-electron chi connectivity index (χ3n) is 5.88. The van der Waals surface area contributed by atoms with Crippen LogP contribution in [0.3, 0.4) is 0 Å². The SMILES string of the molecule is O=C(NCCCCCCOC1[C@@H](O[P+](=O)O)[C@@H](CO)CO[C@H]1n1ccc(=O)[nH]c1=O)c1cccc(I)c1. The lowest BCUT2D eigenvalue weighted by Gasteiger charge is -2.39. The largest absolute Gasteiger partial charge is 0.695 e. The van der Waals surface area contributed by atoms with E-state index in [1.165, 1.54) is 6.20 Å². The lowest BCUT2D eigenvalue weighted by atomic mass is 9.95. The predicted octanol–water partition coefficient (Wildman–Crippen LogP) is 1.69. The van der Waals surface area contributed by atoms with E-state index in [1.54, 1.807) is 6.07 Å². The highest BCUT2D eigenvalue weighted by molar-refractivity contribution is 14.1. The summed E-state index contributed by atoms with van der Waals surface area (Å²) >= 11 is 2.16. The number of carbonyl (C=O) groups excluding carboxylic acids is 1. The van der Waals surface area contributed by atoms with Gasteiger partial charge in [0.1, 0.15) is 6.10 Å². The Bertz CT molecular complexity index is 1170. The van der Waals surface area contributed by atoms with Gasteiger partial charge in [-0.1, -0.05) is 18.9 Å². The van der Waals surface area contributed by atoms with E-state index in [9.17, 15) is 28.9 Å². The average molecular weight is 650 g/mol. The van der Waals surface area contributed by atoms with Crippen LogP contribution in [0.5, 0.6) is 0 Å². The Kier molecular flexibility index (Phi) is 11.8. The number of halogens is 1. The topological polar surface area (TPSA) is 169 Å². The Hall–Kier alpha value is -2.00. The number of hydrogen-bond donors (Lipinski definition) is 4. The molecule has 37 heavy (non-hydrogen) atoms. The Labute approximate surface area is 227 Å². The van der Waals surface area contributed by atoms with Gasteiger partial charge in [0.2, 0.25) is 0 Å². The van der Waals surface area contributed by atoms with E-state index in [2.05, 4.69) is 32.9 Å². The number of nitrogens with zero attached hydrogens (tertiary/aromatic N) is 1. The summed E-state index contributed by atoms with van der Waals surface area (Å²) in [4.78, 5) is 47.5. The van der Waals surface area contributed by atoms with Crippen molar-refractivity contribution in [3.05, 3.63) is 66.5 Å². The molecule has 1 aliphatic rings. The number of benzene rings is 1. The van der Waals surface area contributed by atoms with Crippen molar-refractivity contribution < 1.29 is 33.4 Å². The lowest BCUT2D eigenvalue weighted by Crippen LogP contribution is -2.53. The number of unbranched alkanes of at least 4 members (excludes halogenated alkanes) is 3. The number of aromatic nitrogens is 2. The van der Waals surface area contributed by atoms with Gasteiger partial charge in [0.15, 0.2) is 12.3 Å². The van der Waals surface area contributed by atoms with Crippen LogP contribution in [0.4, 0.5) is 0 Å². The number of nitrogens with one attached hydrogen (secondary N) is 2. The fraction of sp³-hybridized carbons (Fsp3) is 0.522. The fourth-order valence-electron chi connectivity index (χ4n) is 4.03. The number of carbonyl (C=O) groups is 1. The molecule has 0 spiro atoms. The second kappa shape index (κ2) is 14.8. The Morgan fingerprint density at radius 1 is 1.22 bits per heavy atom. The number of rotatable bonds is 13. The number of hydrogen-bond acceptors (Lipinski definition) is 8. The molecule has 202 valence electrons. The molecule has 2 aromatic rings. The van der Waals surface area contributed by atoms with Gasteiger partial charge in [0.05, 0.1) is 13.2 Å². The average Bonchev–Trinajstić information content (AvgIpc) is 2.86. The summed E-state index contributed by atoms with van der Waals surface area (Å²) < 4.78 is 30.5.